The summed E-state index contributed by atoms with van der Waals surface area (Å²) in [6, 6.07) is 7.86. The second kappa shape index (κ2) is 8.87. The molecule has 4 rings (SSSR count). The lowest BCUT2D eigenvalue weighted by atomic mass is 9.79. The van der Waals surface area contributed by atoms with Crippen LogP contribution in [0.3, 0.4) is 0 Å². The first-order chi connectivity index (χ1) is 13.7. The van der Waals surface area contributed by atoms with E-state index in [9.17, 15) is 9.59 Å². The van der Waals surface area contributed by atoms with Gasteiger partial charge in [0.15, 0.2) is 0 Å². The molecule has 1 aromatic rings. The second-order valence-corrected chi connectivity index (χ2v) is 9.36. The summed E-state index contributed by atoms with van der Waals surface area (Å²) in [7, 11) is 0. The molecule has 2 amide bonds. The van der Waals surface area contributed by atoms with E-state index in [2.05, 4.69) is 10.2 Å². The number of likely N-dealkylation sites (tertiary alicyclic amines) is 1. The van der Waals surface area contributed by atoms with Gasteiger partial charge in [0, 0.05) is 17.0 Å². The first-order valence-electron chi connectivity index (χ1n) is 10.7. The second-order valence-electron chi connectivity index (χ2n) is 8.35. The summed E-state index contributed by atoms with van der Waals surface area (Å²) in [4.78, 5) is 30.6. The van der Waals surface area contributed by atoms with Crippen LogP contribution in [-0.2, 0) is 9.59 Å². The SMILES string of the molecule is O=C(CN1C(=O)CSc2ccccc21)NCC1(N2CCCCC2)CCCCC1. The van der Waals surface area contributed by atoms with E-state index in [0.29, 0.717) is 12.3 Å². The van der Waals surface area contributed by atoms with Crippen LogP contribution in [0.2, 0.25) is 0 Å². The molecule has 1 aromatic carbocycles. The topological polar surface area (TPSA) is 52.7 Å². The Kier molecular flexibility index (Phi) is 6.26. The van der Waals surface area contributed by atoms with Gasteiger partial charge in [-0.3, -0.25) is 14.5 Å². The summed E-state index contributed by atoms with van der Waals surface area (Å²) in [5, 5.41) is 3.21. The monoisotopic (exact) mass is 401 g/mol. The van der Waals surface area contributed by atoms with Crippen molar-refractivity contribution >= 4 is 29.3 Å². The molecule has 2 heterocycles. The van der Waals surface area contributed by atoms with Gasteiger partial charge < -0.3 is 10.2 Å². The standard InChI is InChI=1S/C22H31N3O2S/c26-20(15-25-18-9-3-4-10-19(18)28-16-21(25)27)23-17-22(11-5-1-6-12-22)24-13-7-2-8-14-24/h3-4,9-10H,1-2,5-8,11-17H2,(H,23,26). The fraction of sp³-hybridized carbons (Fsp3) is 0.636. The Bertz CT molecular complexity index is 711. The third kappa shape index (κ3) is 4.23. The maximum absolute atomic E-state index is 12.8. The van der Waals surface area contributed by atoms with E-state index in [0.717, 1.165) is 23.7 Å². The van der Waals surface area contributed by atoms with Crippen molar-refractivity contribution in [2.75, 3.05) is 36.8 Å². The molecular formula is C22H31N3O2S. The molecule has 152 valence electrons. The highest BCUT2D eigenvalue weighted by molar-refractivity contribution is 8.00. The number of thioether (sulfide) groups is 1. The lowest BCUT2D eigenvalue weighted by Crippen LogP contribution is -2.58. The largest absolute Gasteiger partial charge is 0.353 e. The maximum Gasteiger partial charge on any atom is 0.240 e. The molecule has 0 radical (unpaired) electrons. The minimum Gasteiger partial charge on any atom is -0.353 e. The van der Waals surface area contributed by atoms with E-state index >= 15 is 0 Å². The molecule has 0 spiro atoms. The van der Waals surface area contributed by atoms with Crippen molar-refractivity contribution in [2.45, 2.75) is 61.8 Å². The molecule has 0 atom stereocenters. The van der Waals surface area contributed by atoms with Gasteiger partial charge in [0.05, 0.1) is 11.4 Å². The number of para-hydroxylation sites is 1. The average molecular weight is 402 g/mol. The molecule has 2 aliphatic heterocycles. The third-order valence-corrected chi connectivity index (χ3v) is 7.58. The lowest BCUT2D eigenvalue weighted by molar-refractivity contribution is -0.123. The molecule has 1 saturated carbocycles. The van der Waals surface area contributed by atoms with Gasteiger partial charge in [0.1, 0.15) is 6.54 Å². The molecule has 28 heavy (non-hydrogen) atoms. The van der Waals surface area contributed by atoms with Crippen LogP contribution < -0.4 is 10.2 Å². The minimum absolute atomic E-state index is 0.0160. The maximum atomic E-state index is 12.8. The van der Waals surface area contributed by atoms with Crippen LogP contribution in [0.5, 0.6) is 0 Å². The molecule has 1 aliphatic carbocycles. The van der Waals surface area contributed by atoms with Crippen molar-refractivity contribution in [1.29, 1.82) is 0 Å². The van der Waals surface area contributed by atoms with Gasteiger partial charge in [0.25, 0.3) is 0 Å². The summed E-state index contributed by atoms with van der Waals surface area (Å²) in [5.74, 6) is 0.376. The first-order valence-corrected chi connectivity index (χ1v) is 11.7. The van der Waals surface area contributed by atoms with Crippen molar-refractivity contribution in [3.8, 4) is 0 Å². The summed E-state index contributed by atoms with van der Waals surface area (Å²) >= 11 is 1.55. The van der Waals surface area contributed by atoms with Gasteiger partial charge in [-0.1, -0.05) is 37.8 Å². The Balaban J connectivity index is 1.41. The Morgan fingerprint density at radius 1 is 1.04 bits per heavy atom. The van der Waals surface area contributed by atoms with Crippen molar-refractivity contribution in [2.24, 2.45) is 0 Å². The lowest BCUT2D eigenvalue weighted by Gasteiger charge is -2.48. The van der Waals surface area contributed by atoms with Crippen molar-refractivity contribution < 1.29 is 9.59 Å². The third-order valence-electron chi connectivity index (χ3n) is 6.54. The van der Waals surface area contributed by atoms with Crippen LogP contribution in [0.25, 0.3) is 0 Å². The summed E-state index contributed by atoms with van der Waals surface area (Å²) in [5.41, 5.74) is 0.982. The van der Waals surface area contributed by atoms with E-state index in [-0.39, 0.29) is 23.9 Å². The van der Waals surface area contributed by atoms with E-state index in [1.165, 1.54) is 51.4 Å². The number of carbonyl (C=O) groups is 2. The highest BCUT2D eigenvalue weighted by Gasteiger charge is 2.38. The molecule has 6 heteroatoms. The Labute approximate surface area is 172 Å². The van der Waals surface area contributed by atoms with Crippen molar-refractivity contribution in [3.05, 3.63) is 24.3 Å². The predicted octanol–water partition coefficient (Wildman–Crippen LogP) is 3.43. The van der Waals surface area contributed by atoms with Gasteiger partial charge in [0.2, 0.25) is 11.8 Å². The number of piperidine rings is 1. The van der Waals surface area contributed by atoms with E-state index < -0.39 is 0 Å². The van der Waals surface area contributed by atoms with Crippen LogP contribution in [0.1, 0.15) is 51.4 Å². The first kappa shape index (κ1) is 19.8. The van der Waals surface area contributed by atoms with Gasteiger partial charge in [-0.15, -0.1) is 11.8 Å². The zero-order valence-electron chi connectivity index (χ0n) is 16.6. The summed E-state index contributed by atoms with van der Waals surface area (Å²) in [6.45, 7) is 3.15. The molecule has 0 bridgehead atoms. The quantitative estimate of drug-likeness (QED) is 0.821. The smallest absolute Gasteiger partial charge is 0.240 e. The minimum atomic E-state index is -0.0444. The number of hydrogen-bond donors (Lipinski definition) is 1. The highest BCUT2D eigenvalue weighted by Crippen LogP contribution is 2.36. The number of nitrogens with zero attached hydrogens (tertiary/aromatic N) is 2. The molecule has 0 aromatic heterocycles. The molecule has 0 unspecified atom stereocenters. The number of fused-ring (bicyclic) bond motifs is 1. The predicted molar refractivity (Wildman–Crippen MR) is 114 cm³/mol. The fourth-order valence-electron chi connectivity index (χ4n) is 4.97. The van der Waals surface area contributed by atoms with Crippen LogP contribution in [0, 0.1) is 0 Å². The number of carbonyl (C=O) groups excluding carboxylic acids is 2. The number of hydrogen-bond acceptors (Lipinski definition) is 4. The molecule has 1 saturated heterocycles. The average Bonchev–Trinajstić information content (AvgIpc) is 2.76. The molecule has 1 N–H and O–H groups in total. The van der Waals surface area contributed by atoms with E-state index in [1.54, 1.807) is 16.7 Å². The zero-order chi connectivity index (χ0) is 19.4. The Morgan fingerprint density at radius 2 is 1.75 bits per heavy atom. The van der Waals surface area contributed by atoms with Gasteiger partial charge >= 0.3 is 0 Å². The highest BCUT2D eigenvalue weighted by atomic mass is 32.2. The number of nitrogens with one attached hydrogen (secondary N) is 1. The van der Waals surface area contributed by atoms with E-state index in [4.69, 9.17) is 0 Å². The zero-order valence-corrected chi connectivity index (χ0v) is 17.4. The molecule has 2 fully saturated rings. The molecular weight excluding hydrogens is 370 g/mol. The molecule has 5 nitrogen and oxygen atoms in total. The number of rotatable bonds is 5. The number of amides is 2. The fourth-order valence-corrected chi connectivity index (χ4v) is 5.91. The van der Waals surface area contributed by atoms with Crippen molar-refractivity contribution in [3.63, 3.8) is 0 Å². The van der Waals surface area contributed by atoms with E-state index in [1.807, 2.05) is 24.3 Å². The van der Waals surface area contributed by atoms with Crippen LogP contribution >= 0.6 is 11.8 Å². The van der Waals surface area contributed by atoms with Gasteiger partial charge in [-0.25, -0.2) is 0 Å². The van der Waals surface area contributed by atoms with Gasteiger partial charge in [-0.2, -0.15) is 0 Å². The number of anilines is 1. The van der Waals surface area contributed by atoms with Gasteiger partial charge in [-0.05, 0) is 50.9 Å². The summed E-state index contributed by atoms with van der Waals surface area (Å²) < 4.78 is 0. The van der Waals surface area contributed by atoms with Crippen LogP contribution in [0.15, 0.2) is 29.2 Å². The Hall–Kier alpha value is -1.53. The summed E-state index contributed by atoms with van der Waals surface area (Å²) in [6.07, 6.45) is 10.0. The number of benzene rings is 1. The van der Waals surface area contributed by atoms with Crippen molar-refractivity contribution in [1.82, 2.24) is 10.2 Å². The van der Waals surface area contributed by atoms with Crippen LogP contribution in [0.4, 0.5) is 5.69 Å². The molecule has 3 aliphatic rings. The normalized spacial score (nSPS) is 22.6. The Morgan fingerprint density at radius 3 is 2.54 bits per heavy atom. The van der Waals surface area contributed by atoms with Crippen LogP contribution in [-0.4, -0.2) is 54.2 Å².